The van der Waals surface area contributed by atoms with E-state index in [9.17, 15) is 13.2 Å². The van der Waals surface area contributed by atoms with Gasteiger partial charge in [0.25, 0.3) is 0 Å². The number of ether oxygens (including phenoxy) is 1. The summed E-state index contributed by atoms with van der Waals surface area (Å²) in [7, 11) is 1.53. The van der Waals surface area contributed by atoms with E-state index >= 15 is 0 Å². The van der Waals surface area contributed by atoms with Crippen LogP contribution in [0.1, 0.15) is 22.1 Å². The van der Waals surface area contributed by atoms with E-state index in [1.165, 1.54) is 13.2 Å². The topological polar surface area (TPSA) is 9.23 Å². The minimum atomic E-state index is -4.38. The first-order valence-corrected chi connectivity index (χ1v) is 7.20. The van der Waals surface area contributed by atoms with E-state index in [0.717, 1.165) is 12.1 Å². The molecule has 2 aromatic carbocycles. The van der Waals surface area contributed by atoms with E-state index in [1.54, 1.807) is 24.3 Å². The second-order valence-electron chi connectivity index (χ2n) is 4.38. The van der Waals surface area contributed by atoms with Crippen LogP contribution in [0, 0.1) is 0 Å². The first-order valence-electron chi connectivity index (χ1n) is 5.97. The monoisotopic (exact) mass is 378 g/mol. The lowest BCUT2D eigenvalue weighted by Gasteiger charge is -2.14. The van der Waals surface area contributed by atoms with Gasteiger partial charge in [-0.25, -0.2) is 0 Å². The van der Waals surface area contributed by atoms with E-state index in [2.05, 4.69) is 15.9 Å². The first kappa shape index (κ1) is 16.2. The summed E-state index contributed by atoms with van der Waals surface area (Å²) in [4.78, 5) is 0. The van der Waals surface area contributed by atoms with Crippen LogP contribution in [0.5, 0.6) is 5.75 Å². The smallest absolute Gasteiger partial charge is 0.416 e. The quantitative estimate of drug-likeness (QED) is 0.612. The van der Waals surface area contributed by atoms with Gasteiger partial charge in [-0.3, -0.25) is 0 Å². The van der Waals surface area contributed by atoms with Crippen LogP contribution in [0.2, 0.25) is 0 Å². The molecule has 0 amide bonds. The third kappa shape index (κ3) is 3.71. The molecule has 2 rings (SSSR count). The summed E-state index contributed by atoms with van der Waals surface area (Å²) < 4.78 is 44.0. The van der Waals surface area contributed by atoms with Crippen LogP contribution in [0.4, 0.5) is 13.2 Å². The molecule has 0 N–H and O–H groups in total. The molecule has 0 aliphatic rings. The molecule has 0 radical (unpaired) electrons. The third-order valence-corrected chi connectivity index (χ3v) is 4.10. The molecule has 0 spiro atoms. The Morgan fingerprint density at radius 3 is 2.33 bits per heavy atom. The van der Waals surface area contributed by atoms with Gasteiger partial charge in [-0.15, -0.1) is 11.6 Å². The minimum absolute atomic E-state index is 0.392. The fourth-order valence-electron chi connectivity index (χ4n) is 1.91. The number of rotatable bonds is 3. The van der Waals surface area contributed by atoms with Crippen LogP contribution in [0.15, 0.2) is 46.9 Å². The molecule has 0 heterocycles. The largest absolute Gasteiger partial charge is 0.496 e. The Morgan fingerprint density at radius 2 is 1.76 bits per heavy atom. The molecule has 0 fully saturated rings. The zero-order valence-electron chi connectivity index (χ0n) is 10.9. The molecule has 0 saturated carbocycles. The second kappa shape index (κ2) is 6.28. The van der Waals surface area contributed by atoms with Gasteiger partial charge in [0.15, 0.2) is 0 Å². The summed E-state index contributed by atoms with van der Waals surface area (Å²) >= 11 is 9.62. The molecule has 1 nitrogen and oxygen atoms in total. The highest BCUT2D eigenvalue weighted by molar-refractivity contribution is 9.10. The number of methoxy groups -OCH3 is 1. The Labute approximate surface area is 133 Å². The van der Waals surface area contributed by atoms with E-state index < -0.39 is 17.1 Å². The Hall–Kier alpha value is -1.20. The van der Waals surface area contributed by atoms with Gasteiger partial charge in [-0.1, -0.05) is 18.2 Å². The highest BCUT2D eigenvalue weighted by atomic mass is 79.9. The Kier molecular flexibility index (Phi) is 4.84. The van der Waals surface area contributed by atoms with Gasteiger partial charge in [0.05, 0.1) is 22.5 Å². The number of alkyl halides is 4. The van der Waals surface area contributed by atoms with Crippen molar-refractivity contribution < 1.29 is 17.9 Å². The van der Waals surface area contributed by atoms with Gasteiger partial charge in [-0.05, 0) is 51.3 Å². The lowest BCUT2D eigenvalue weighted by molar-refractivity contribution is -0.137. The van der Waals surface area contributed by atoms with Crippen molar-refractivity contribution in [3.63, 3.8) is 0 Å². The first-order chi connectivity index (χ1) is 9.82. The van der Waals surface area contributed by atoms with Crippen LogP contribution in [0.25, 0.3) is 0 Å². The zero-order valence-corrected chi connectivity index (χ0v) is 13.3. The summed E-state index contributed by atoms with van der Waals surface area (Å²) in [6.45, 7) is 0. The van der Waals surface area contributed by atoms with Crippen molar-refractivity contribution in [1.82, 2.24) is 0 Å². The summed E-state index contributed by atoms with van der Waals surface area (Å²) in [5.74, 6) is 0.631. The van der Waals surface area contributed by atoms with Crippen molar-refractivity contribution in [2.75, 3.05) is 7.11 Å². The highest BCUT2D eigenvalue weighted by Gasteiger charge is 2.31. The van der Waals surface area contributed by atoms with E-state index in [0.29, 0.717) is 21.3 Å². The molecule has 0 aliphatic heterocycles. The maximum absolute atomic E-state index is 12.7. The van der Waals surface area contributed by atoms with Gasteiger partial charge in [0.2, 0.25) is 0 Å². The van der Waals surface area contributed by atoms with Crippen molar-refractivity contribution in [3.8, 4) is 5.75 Å². The molecular formula is C15H11BrClF3O. The van der Waals surface area contributed by atoms with Gasteiger partial charge >= 0.3 is 6.18 Å². The molecule has 0 aromatic heterocycles. The predicted molar refractivity (Wildman–Crippen MR) is 79.8 cm³/mol. The number of hydrogen-bond acceptors (Lipinski definition) is 1. The molecule has 1 atom stereocenters. The maximum Gasteiger partial charge on any atom is 0.416 e. The van der Waals surface area contributed by atoms with E-state index in [-0.39, 0.29) is 0 Å². The lowest BCUT2D eigenvalue weighted by Crippen LogP contribution is -2.06. The molecule has 112 valence electrons. The van der Waals surface area contributed by atoms with Gasteiger partial charge in [0, 0.05) is 0 Å². The second-order valence-corrected chi connectivity index (χ2v) is 5.67. The van der Waals surface area contributed by atoms with Crippen molar-refractivity contribution in [2.45, 2.75) is 11.6 Å². The van der Waals surface area contributed by atoms with Crippen LogP contribution in [-0.2, 0) is 6.18 Å². The van der Waals surface area contributed by atoms with Gasteiger partial charge in [0.1, 0.15) is 5.75 Å². The Bertz CT molecular complexity index is 643. The van der Waals surface area contributed by atoms with Crippen LogP contribution < -0.4 is 4.74 Å². The van der Waals surface area contributed by atoms with Crippen molar-refractivity contribution in [1.29, 1.82) is 0 Å². The standard InChI is InChI=1S/C15H11BrClF3O/c1-21-13-6-5-10(8-12(13)16)14(17)9-3-2-4-11(7-9)15(18,19)20/h2-8,14H,1H3. The number of hydrogen-bond donors (Lipinski definition) is 0. The molecule has 0 bridgehead atoms. The summed E-state index contributed by atoms with van der Waals surface area (Å²) in [5, 5.41) is -0.672. The zero-order chi connectivity index (χ0) is 15.6. The SMILES string of the molecule is COc1ccc(C(Cl)c2cccc(C(F)(F)F)c2)cc1Br. The van der Waals surface area contributed by atoms with Gasteiger partial charge in [-0.2, -0.15) is 13.2 Å². The average molecular weight is 380 g/mol. The molecule has 21 heavy (non-hydrogen) atoms. The molecule has 0 aliphatic carbocycles. The van der Waals surface area contributed by atoms with E-state index in [4.69, 9.17) is 16.3 Å². The summed E-state index contributed by atoms with van der Waals surface area (Å²) in [6, 6.07) is 10.2. The van der Waals surface area contributed by atoms with E-state index in [1.807, 2.05) is 0 Å². The van der Waals surface area contributed by atoms with Gasteiger partial charge < -0.3 is 4.74 Å². The Balaban J connectivity index is 2.36. The molecular weight excluding hydrogens is 369 g/mol. The normalized spacial score (nSPS) is 13.0. The molecule has 0 saturated heterocycles. The van der Waals surface area contributed by atoms with Crippen LogP contribution >= 0.6 is 27.5 Å². The number of benzene rings is 2. The third-order valence-electron chi connectivity index (χ3n) is 2.98. The highest BCUT2D eigenvalue weighted by Crippen LogP contribution is 2.36. The summed E-state index contributed by atoms with van der Waals surface area (Å²) in [6.07, 6.45) is -4.38. The Morgan fingerprint density at radius 1 is 1.10 bits per heavy atom. The fraction of sp³-hybridized carbons (Fsp3) is 0.200. The molecule has 2 aromatic rings. The van der Waals surface area contributed by atoms with Crippen LogP contribution in [0.3, 0.4) is 0 Å². The molecule has 6 heteroatoms. The fourth-order valence-corrected chi connectivity index (χ4v) is 2.74. The average Bonchev–Trinajstić information content (AvgIpc) is 2.45. The lowest BCUT2D eigenvalue weighted by atomic mass is 10.0. The van der Waals surface area contributed by atoms with Crippen molar-refractivity contribution in [2.24, 2.45) is 0 Å². The summed E-state index contributed by atoms with van der Waals surface area (Å²) in [5.41, 5.74) is 0.366. The predicted octanol–water partition coefficient (Wildman–Crippen LogP) is 5.80. The number of halogens is 5. The maximum atomic E-state index is 12.7. The van der Waals surface area contributed by atoms with Crippen molar-refractivity contribution in [3.05, 3.63) is 63.6 Å². The van der Waals surface area contributed by atoms with Crippen LogP contribution in [-0.4, -0.2) is 7.11 Å². The minimum Gasteiger partial charge on any atom is -0.496 e. The van der Waals surface area contributed by atoms with Crippen molar-refractivity contribution >= 4 is 27.5 Å². The molecule has 1 unspecified atom stereocenters.